The third kappa shape index (κ3) is 12.6. The molecule has 0 aliphatic heterocycles. The number of carbonyl (C=O) groups is 2. The zero-order valence-corrected chi connectivity index (χ0v) is 17.8. The van der Waals surface area contributed by atoms with Gasteiger partial charge in [0.05, 0.1) is 0 Å². The van der Waals surface area contributed by atoms with E-state index in [9.17, 15) is 27.1 Å². The number of aldehydes is 2. The summed E-state index contributed by atoms with van der Waals surface area (Å²) in [6.45, 7) is 0. The summed E-state index contributed by atoms with van der Waals surface area (Å²) in [6, 6.07) is 0. The van der Waals surface area contributed by atoms with Crippen LogP contribution in [0.1, 0.15) is 1.43 Å². The summed E-state index contributed by atoms with van der Waals surface area (Å²) in [7, 11) is -10.2. The summed E-state index contributed by atoms with van der Waals surface area (Å²) in [5.74, 6) is 0. The fraction of sp³-hybridized carbons (Fsp3) is 0.750. The molecule has 0 bridgehead atoms. The van der Waals surface area contributed by atoms with Gasteiger partial charge in [0.1, 0.15) is 0 Å². The van der Waals surface area contributed by atoms with Crippen LogP contribution in [0.3, 0.4) is 0 Å². The van der Waals surface area contributed by atoms with Crippen LogP contribution < -0.4 is 18.9 Å². The molecule has 0 heterocycles. The molecule has 0 atom stereocenters. The molecule has 0 fully saturated rings. The van der Waals surface area contributed by atoms with Crippen molar-refractivity contribution in [2.45, 2.75) is 11.1 Å². The van der Waals surface area contributed by atoms with Crippen LogP contribution in [0.2, 0.25) is 0 Å². The van der Waals surface area contributed by atoms with E-state index in [0.29, 0.717) is 0 Å². The van der Waals surface area contributed by atoms with Crippen LogP contribution in [0.4, 0.5) is 8.39 Å². The van der Waals surface area contributed by atoms with Crippen LogP contribution in [0.15, 0.2) is 0 Å². The summed E-state index contributed by atoms with van der Waals surface area (Å²) >= 11 is 0. The minimum Gasteiger partial charge on any atom is -1.00 e. The van der Waals surface area contributed by atoms with Gasteiger partial charge >= 0.3 is 53.1 Å². The average Bonchev–Trinajstić information content (AvgIpc) is 2.58. The molecule has 0 aliphatic carbocycles. The summed E-state index contributed by atoms with van der Waals surface area (Å²) in [6.07, 6.45) is -0.637. The van der Waals surface area contributed by atoms with E-state index in [2.05, 4.69) is 18.1 Å². The van der Waals surface area contributed by atoms with Crippen molar-refractivity contribution in [1.82, 2.24) is 0 Å². The zero-order valence-electron chi connectivity index (χ0n) is 16.2. The third-order valence-electron chi connectivity index (χ3n) is 2.08. The fourth-order valence-corrected chi connectivity index (χ4v) is 2.45. The average molecular weight is 478 g/mol. The number of rotatable bonds is 8. The number of aliphatic hydroxyl groups is 4. The summed E-state index contributed by atoms with van der Waals surface area (Å²) < 4.78 is 67.3. The first-order valence-electron chi connectivity index (χ1n) is 5.84. The molecule has 5 N–H and O–H groups in total. The predicted octanol–water partition coefficient (Wildman–Crippen LogP) is -3.24. The van der Waals surface area contributed by atoms with Crippen molar-refractivity contribution in [1.29, 1.82) is 0 Å². The molecule has 0 aromatic rings. The molecule has 0 saturated carbocycles. The number of halogens is 2. The van der Waals surface area contributed by atoms with Gasteiger partial charge in [0, 0.05) is 28.4 Å². The predicted molar refractivity (Wildman–Crippen MR) is 82.9 cm³/mol. The van der Waals surface area contributed by atoms with Crippen LogP contribution in [0.5, 0.6) is 0 Å². The number of hydrogen-bond donors (Lipinski definition) is 5. The van der Waals surface area contributed by atoms with Crippen molar-refractivity contribution in [3.8, 4) is 0 Å². The largest absolute Gasteiger partial charge is 1.00 e. The van der Waals surface area contributed by atoms with Gasteiger partial charge in [-0.25, -0.2) is 4.57 Å². The quantitative estimate of drug-likeness (QED) is 0.100. The van der Waals surface area contributed by atoms with Gasteiger partial charge in [-0.15, -0.1) is 8.39 Å². The van der Waals surface area contributed by atoms with Crippen molar-refractivity contribution < 1.29 is 95.4 Å². The van der Waals surface area contributed by atoms with Gasteiger partial charge in [0.25, 0.3) is 0 Å². The van der Waals surface area contributed by atoms with Crippen LogP contribution in [0, 0.1) is 0 Å². The molecule has 166 valence electrons. The van der Waals surface area contributed by atoms with Gasteiger partial charge < -0.3 is 39.9 Å². The molecule has 0 amide bonds. The van der Waals surface area contributed by atoms with Crippen LogP contribution in [0.25, 0.3) is 0 Å². The van der Waals surface area contributed by atoms with Crippen LogP contribution in [-0.4, -0.2) is 77.4 Å². The summed E-state index contributed by atoms with van der Waals surface area (Å²) in [5.41, 5.74) is -6.15. The van der Waals surface area contributed by atoms with E-state index in [0.717, 1.165) is 28.4 Å². The van der Waals surface area contributed by atoms with Crippen LogP contribution >= 0.6 is 23.2 Å². The maximum atomic E-state index is 11.0. The second-order valence-electron chi connectivity index (χ2n) is 3.77. The monoisotopic (exact) mass is 478 g/mol. The van der Waals surface area contributed by atoms with E-state index >= 15 is 0 Å². The van der Waals surface area contributed by atoms with Gasteiger partial charge in [-0.2, -0.15) is 0 Å². The van der Waals surface area contributed by atoms with Gasteiger partial charge in [-0.05, 0) is 0 Å². The molecular weight excluding hydrogens is 458 g/mol. The van der Waals surface area contributed by atoms with E-state index in [1.165, 1.54) is 0 Å². The second-order valence-corrected chi connectivity index (χ2v) is 9.41. The number of carbonyl (C=O) groups excluding carboxylic acids is 2. The van der Waals surface area contributed by atoms with E-state index < -0.39 is 34.2 Å². The van der Waals surface area contributed by atoms with Crippen molar-refractivity contribution in [3.05, 3.63) is 0 Å². The van der Waals surface area contributed by atoms with E-state index in [1.54, 1.807) is 0 Å². The van der Waals surface area contributed by atoms with Gasteiger partial charge in [0.15, 0.2) is 12.6 Å². The first kappa shape index (κ1) is 35.6. The summed E-state index contributed by atoms with van der Waals surface area (Å²) in [4.78, 5) is 26.7. The van der Waals surface area contributed by atoms with Crippen molar-refractivity contribution in [2.24, 2.45) is 0 Å². The Morgan fingerprint density at radius 3 is 0.929 bits per heavy atom. The molecule has 0 aromatic carbocycles. The normalized spacial score (nSPS) is 12.4. The Labute approximate surface area is 171 Å². The van der Waals surface area contributed by atoms with Crippen molar-refractivity contribution in [3.63, 3.8) is 0 Å². The number of hydrogen-bond acceptors (Lipinski definition) is 13. The molecule has 0 aromatic heterocycles. The van der Waals surface area contributed by atoms with E-state index in [-0.39, 0.29) is 32.9 Å². The molecule has 0 aliphatic rings. The molecule has 0 rings (SSSR count). The second kappa shape index (κ2) is 14.2. The molecule has 0 spiro atoms. The molecule has 0 radical (unpaired) electrons. The Hall–Kier alpha value is 0.127. The standard InChI is InChI=1S/2C4H9O6P.F2HO2P.Li.H/c2*1-9-11(8,10-2)4(6,7)3-5;1-5(2,3)4;;/h2*3,6-7H,1-2H3;(H,3,4);;/q;;;+1;-1. The Bertz CT molecular complexity index is 547. The molecule has 28 heavy (non-hydrogen) atoms. The Morgan fingerprint density at radius 2 is 0.893 bits per heavy atom. The first-order chi connectivity index (χ1) is 11.9. The Kier molecular flexibility index (Phi) is 18.0. The van der Waals surface area contributed by atoms with Gasteiger partial charge in [0.2, 0.25) is 0 Å². The van der Waals surface area contributed by atoms with Crippen molar-refractivity contribution in [2.75, 3.05) is 28.4 Å². The topological polar surface area (TPSA) is 223 Å². The Morgan fingerprint density at radius 1 is 0.750 bits per heavy atom. The van der Waals surface area contributed by atoms with Gasteiger partial charge in [-0.1, -0.05) is 0 Å². The maximum Gasteiger partial charge on any atom is 1.00 e. The Balaban J connectivity index is -0.000000102. The minimum atomic E-state index is -5.64. The van der Waals surface area contributed by atoms with E-state index in [4.69, 9.17) is 29.9 Å². The SMILES string of the molecule is COP(=O)(OC)C(O)(O)C=O.COP(=O)(OC)C(O)(O)C=O.O=P(O)(F)F.[H-].[Li+]. The maximum absolute atomic E-state index is 11.0. The van der Waals surface area contributed by atoms with Crippen molar-refractivity contribution >= 4 is 35.8 Å². The smallest absolute Gasteiger partial charge is 1.00 e. The van der Waals surface area contributed by atoms with Gasteiger partial charge in [-0.3, -0.25) is 23.6 Å². The van der Waals surface area contributed by atoms with E-state index in [1.807, 2.05) is 0 Å². The fourth-order valence-electron chi connectivity index (χ4n) is 0.816. The first-order valence-corrected chi connectivity index (χ1v) is 10.4. The molecular formula is C8H20F2LiO14P3. The molecule has 20 heteroatoms. The molecule has 14 nitrogen and oxygen atoms in total. The third-order valence-corrected chi connectivity index (χ3v) is 5.83. The van der Waals surface area contributed by atoms with Crippen LogP contribution in [-0.2, 0) is 41.4 Å². The summed E-state index contributed by atoms with van der Waals surface area (Å²) in [5, 5.41) is 34.9. The zero-order chi connectivity index (χ0) is 22.7. The minimum absolute atomic E-state index is 0. The molecule has 0 saturated heterocycles. The molecule has 0 unspecified atom stereocenters.